The summed E-state index contributed by atoms with van der Waals surface area (Å²) in [6, 6.07) is 50.8. The van der Waals surface area contributed by atoms with Gasteiger partial charge < -0.3 is 4.57 Å². The molecular weight excluding hydrogens is 550 g/mol. The minimum atomic E-state index is 0.593. The van der Waals surface area contributed by atoms with Crippen molar-refractivity contribution in [2.45, 2.75) is 6.92 Å². The van der Waals surface area contributed by atoms with Crippen molar-refractivity contribution in [2.75, 3.05) is 0 Å². The molecule has 0 N–H and O–H groups in total. The Hall–Kier alpha value is -6.07. The van der Waals surface area contributed by atoms with Crippen LogP contribution in [0.5, 0.6) is 0 Å². The topological polar surface area (TPSA) is 48.5 Å². The van der Waals surface area contributed by atoms with Gasteiger partial charge in [0.05, 0.1) is 22.1 Å². The summed E-state index contributed by atoms with van der Waals surface area (Å²) in [5, 5.41) is 4.77. The van der Waals surface area contributed by atoms with E-state index in [0.717, 1.165) is 44.1 Å². The number of hydrogen-bond donors (Lipinski definition) is 0. The Morgan fingerprint density at radius 3 is 1.60 bits per heavy atom. The molecule has 0 atom stereocenters. The van der Waals surface area contributed by atoms with E-state index < -0.39 is 0 Å². The molecule has 0 bridgehead atoms. The molecule has 3 heterocycles. The number of benzene rings is 6. The maximum absolute atomic E-state index is 5.14. The Bertz CT molecular complexity index is 2470. The standard InChI is InChI=1S/C40H27N5/c1-26-21-22-31-33-24-32-30-19-11-12-20-34(30)44(29-17-9-4-10-18-29)36(32)25-37(33)45(35(31)23-26)40-42-38(27-13-5-2-6-14-27)41-39(43-40)28-15-7-3-8-16-28/h2-25H,1H3. The maximum atomic E-state index is 5.14. The number of nitrogens with zero attached hydrogens (tertiary/aromatic N) is 5. The molecule has 0 aliphatic rings. The van der Waals surface area contributed by atoms with Crippen molar-refractivity contribution >= 4 is 43.6 Å². The highest BCUT2D eigenvalue weighted by Crippen LogP contribution is 2.39. The van der Waals surface area contributed by atoms with Gasteiger partial charge in [0.25, 0.3) is 0 Å². The summed E-state index contributed by atoms with van der Waals surface area (Å²) in [6.45, 7) is 2.13. The predicted octanol–water partition coefficient (Wildman–Crippen LogP) is 9.71. The van der Waals surface area contributed by atoms with Gasteiger partial charge in [-0.25, -0.2) is 4.98 Å². The van der Waals surface area contributed by atoms with Crippen molar-refractivity contribution in [1.29, 1.82) is 0 Å². The van der Waals surface area contributed by atoms with Crippen molar-refractivity contribution < 1.29 is 0 Å². The number of rotatable bonds is 4. The van der Waals surface area contributed by atoms with E-state index >= 15 is 0 Å². The van der Waals surface area contributed by atoms with E-state index in [4.69, 9.17) is 15.0 Å². The fourth-order valence-electron chi connectivity index (χ4n) is 6.56. The number of hydrogen-bond acceptors (Lipinski definition) is 3. The fraction of sp³-hybridized carbons (Fsp3) is 0.0250. The van der Waals surface area contributed by atoms with Crippen molar-refractivity contribution in [3.8, 4) is 34.4 Å². The Kier molecular flexibility index (Phi) is 5.65. The quantitative estimate of drug-likeness (QED) is 0.209. The molecule has 45 heavy (non-hydrogen) atoms. The van der Waals surface area contributed by atoms with E-state index in [0.29, 0.717) is 17.6 Å². The van der Waals surface area contributed by atoms with Gasteiger partial charge in [-0.05, 0) is 48.9 Å². The zero-order valence-electron chi connectivity index (χ0n) is 24.6. The first-order valence-electron chi connectivity index (χ1n) is 15.1. The van der Waals surface area contributed by atoms with Crippen molar-refractivity contribution in [3.63, 3.8) is 0 Å². The van der Waals surface area contributed by atoms with E-state index in [2.05, 4.69) is 101 Å². The molecule has 0 saturated heterocycles. The van der Waals surface area contributed by atoms with Gasteiger partial charge in [0.15, 0.2) is 11.6 Å². The molecule has 0 unspecified atom stereocenters. The normalized spacial score (nSPS) is 11.7. The van der Waals surface area contributed by atoms with Gasteiger partial charge in [-0.1, -0.05) is 109 Å². The lowest BCUT2D eigenvalue weighted by atomic mass is 10.1. The summed E-state index contributed by atoms with van der Waals surface area (Å²) in [6.07, 6.45) is 0. The number of para-hydroxylation sites is 2. The first kappa shape index (κ1) is 25.4. The third kappa shape index (κ3) is 4.05. The average Bonchev–Trinajstić information content (AvgIpc) is 3.59. The van der Waals surface area contributed by atoms with Gasteiger partial charge in [-0.2, -0.15) is 9.97 Å². The minimum Gasteiger partial charge on any atom is -0.309 e. The van der Waals surface area contributed by atoms with Crippen LogP contribution in [-0.4, -0.2) is 24.1 Å². The van der Waals surface area contributed by atoms with E-state index in [1.165, 1.54) is 21.9 Å². The zero-order chi connectivity index (χ0) is 29.9. The first-order valence-corrected chi connectivity index (χ1v) is 15.1. The lowest BCUT2D eigenvalue weighted by molar-refractivity contribution is 0.953. The minimum absolute atomic E-state index is 0.593. The third-order valence-electron chi connectivity index (χ3n) is 8.62. The van der Waals surface area contributed by atoms with Gasteiger partial charge in [0.1, 0.15) is 0 Å². The molecule has 0 saturated carbocycles. The zero-order valence-corrected chi connectivity index (χ0v) is 24.6. The highest BCUT2D eigenvalue weighted by Gasteiger charge is 2.21. The summed E-state index contributed by atoms with van der Waals surface area (Å²) < 4.78 is 4.57. The molecule has 5 heteroatoms. The molecule has 0 amide bonds. The maximum Gasteiger partial charge on any atom is 0.238 e. The highest BCUT2D eigenvalue weighted by atomic mass is 15.2. The van der Waals surface area contributed by atoms with Crippen LogP contribution in [-0.2, 0) is 0 Å². The first-order chi connectivity index (χ1) is 22.2. The van der Waals surface area contributed by atoms with E-state index in [1.54, 1.807) is 0 Å². The average molecular weight is 578 g/mol. The van der Waals surface area contributed by atoms with Crippen LogP contribution in [0.3, 0.4) is 0 Å². The Labute approximate surface area is 259 Å². The van der Waals surface area contributed by atoms with Crippen LogP contribution in [0.15, 0.2) is 146 Å². The Morgan fingerprint density at radius 1 is 0.400 bits per heavy atom. The summed E-state index contributed by atoms with van der Waals surface area (Å²) in [4.78, 5) is 15.2. The Morgan fingerprint density at radius 2 is 0.933 bits per heavy atom. The van der Waals surface area contributed by atoms with E-state index in [1.807, 2.05) is 60.7 Å². The van der Waals surface area contributed by atoms with Crippen LogP contribution in [0.1, 0.15) is 5.56 Å². The summed E-state index contributed by atoms with van der Waals surface area (Å²) in [7, 11) is 0. The second-order valence-corrected chi connectivity index (χ2v) is 11.4. The van der Waals surface area contributed by atoms with Crippen molar-refractivity contribution in [3.05, 3.63) is 151 Å². The number of aromatic nitrogens is 5. The van der Waals surface area contributed by atoms with Gasteiger partial charge in [0.2, 0.25) is 5.95 Å². The fourth-order valence-corrected chi connectivity index (χ4v) is 6.56. The molecule has 5 nitrogen and oxygen atoms in total. The van der Waals surface area contributed by atoms with Crippen LogP contribution >= 0.6 is 0 Å². The summed E-state index contributed by atoms with van der Waals surface area (Å²) in [5.74, 6) is 1.87. The molecule has 6 aromatic carbocycles. The van der Waals surface area contributed by atoms with Gasteiger partial charge in [-0.3, -0.25) is 4.57 Å². The third-order valence-corrected chi connectivity index (χ3v) is 8.62. The molecule has 212 valence electrons. The molecule has 0 aliphatic carbocycles. The van der Waals surface area contributed by atoms with E-state index in [-0.39, 0.29) is 0 Å². The summed E-state index contributed by atoms with van der Waals surface area (Å²) in [5.41, 5.74) is 8.62. The van der Waals surface area contributed by atoms with E-state index in [9.17, 15) is 0 Å². The second-order valence-electron chi connectivity index (χ2n) is 11.4. The SMILES string of the molecule is Cc1ccc2c3cc4c5ccccc5n(-c5ccccc5)c4cc3n(-c3nc(-c4ccccc4)nc(-c4ccccc4)n3)c2c1. The molecule has 3 aromatic heterocycles. The monoisotopic (exact) mass is 577 g/mol. The summed E-state index contributed by atoms with van der Waals surface area (Å²) >= 11 is 0. The molecule has 0 spiro atoms. The predicted molar refractivity (Wildman–Crippen MR) is 184 cm³/mol. The molecule has 0 aliphatic heterocycles. The van der Waals surface area contributed by atoms with Crippen LogP contribution < -0.4 is 0 Å². The van der Waals surface area contributed by atoms with Crippen LogP contribution in [0.4, 0.5) is 0 Å². The number of aryl methyl sites for hydroxylation is 1. The Balaban J connectivity index is 1.42. The van der Waals surface area contributed by atoms with Crippen LogP contribution in [0.2, 0.25) is 0 Å². The molecular formula is C40H27N5. The van der Waals surface area contributed by atoms with Gasteiger partial charge in [0, 0.05) is 38.4 Å². The molecule has 9 rings (SSSR count). The largest absolute Gasteiger partial charge is 0.309 e. The van der Waals surface area contributed by atoms with Crippen LogP contribution in [0, 0.1) is 6.92 Å². The number of fused-ring (bicyclic) bond motifs is 6. The van der Waals surface area contributed by atoms with Crippen LogP contribution in [0.25, 0.3) is 78.0 Å². The second kappa shape index (κ2) is 10.00. The molecule has 0 fully saturated rings. The lowest BCUT2D eigenvalue weighted by Gasteiger charge is -2.11. The highest BCUT2D eigenvalue weighted by molar-refractivity contribution is 6.19. The van der Waals surface area contributed by atoms with Crippen molar-refractivity contribution in [2.24, 2.45) is 0 Å². The lowest BCUT2D eigenvalue weighted by Crippen LogP contribution is -2.06. The van der Waals surface area contributed by atoms with Gasteiger partial charge >= 0.3 is 0 Å². The van der Waals surface area contributed by atoms with Crippen molar-refractivity contribution in [1.82, 2.24) is 24.1 Å². The smallest absolute Gasteiger partial charge is 0.238 e. The molecule has 9 aromatic rings. The van der Waals surface area contributed by atoms with Gasteiger partial charge in [-0.15, -0.1) is 0 Å². The molecule has 0 radical (unpaired) electrons.